The Hall–Kier alpha value is -3.32. The number of hydrogen-bond donors (Lipinski definition) is 3. The van der Waals surface area contributed by atoms with Gasteiger partial charge in [0, 0.05) is 35.8 Å². The fourth-order valence-electron chi connectivity index (χ4n) is 5.32. The molecule has 0 unspecified atom stereocenters. The van der Waals surface area contributed by atoms with E-state index in [2.05, 4.69) is 15.4 Å². The molecule has 0 bridgehead atoms. The molecule has 1 aromatic heterocycles. The molecule has 0 radical (unpaired) electrons. The minimum absolute atomic E-state index is 0.0526. The number of benzene rings is 2. The second kappa shape index (κ2) is 13.8. The van der Waals surface area contributed by atoms with Gasteiger partial charge in [-0.3, -0.25) is 4.79 Å². The first-order valence-electron chi connectivity index (χ1n) is 14.9. The highest BCUT2D eigenvalue weighted by Gasteiger charge is 2.30. The Labute approximate surface area is 263 Å². The summed E-state index contributed by atoms with van der Waals surface area (Å²) in [7, 11) is -3.91. The quantitative estimate of drug-likeness (QED) is 0.287. The molecule has 1 aliphatic carbocycles. The zero-order chi connectivity index (χ0) is 31.3. The third-order valence-electron chi connectivity index (χ3n) is 7.54. The van der Waals surface area contributed by atoms with E-state index in [-0.39, 0.29) is 35.3 Å². The number of thiazole rings is 1. The summed E-state index contributed by atoms with van der Waals surface area (Å²) in [5, 5.41) is 6.82. The number of hydrogen-bond acceptors (Lipinski definition) is 8. The van der Waals surface area contributed by atoms with Crippen LogP contribution >= 0.6 is 11.3 Å². The van der Waals surface area contributed by atoms with Crippen LogP contribution in [0.4, 0.5) is 4.79 Å². The van der Waals surface area contributed by atoms with Gasteiger partial charge in [0.2, 0.25) is 15.9 Å². The Morgan fingerprint density at radius 3 is 2.41 bits per heavy atom. The predicted molar refractivity (Wildman–Crippen MR) is 169 cm³/mol. The second-order valence-electron chi connectivity index (χ2n) is 12.4. The first-order chi connectivity index (χ1) is 20.9. The molecule has 236 valence electrons. The SMILES string of the molecule is CC(C)(C)NS(=O)(=O)c1cc(CC(=O)NCc2ccccc2)ccc1-c1cnc(C2CCC(NC(=O)OC3COC3)CC2)s1. The molecule has 5 rings (SSSR count). The highest BCUT2D eigenvalue weighted by Crippen LogP contribution is 2.39. The molecule has 2 fully saturated rings. The molecule has 3 aromatic rings. The summed E-state index contributed by atoms with van der Waals surface area (Å²) in [5.41, 5.74) is 1.45. The number of nitrogens with zero attached hydrogens (tertiary/aromatic N) is 1. The predicted octanol–water partition coefficient (Wildman–Crippen LogP) is 4.90. The van der Waals surface area contributed by atoms with Crippen LogP contribution in [0.5, 0.6) is 0 Å². The van der Waals surface area contributed by atoms with Crippen molar-refractivity contribution < 1.29 is 27.5 Å². The molecule has 0 atom stereocenters. The van der Waals surface area contributed by atoms with Crippen molar-refractivity contribution in [1.29, 1.82) is 0 Å². The maximum Gasteiger partial charge on any atom is 0.407 e. The molecular formula is C32H40N4O6S2. The molecule has 3 N–H and O–H groups in total. The van der Waals surface area contributed by atoms with Crippen LogP contribution in [0.2, 0.25) is 0 Å². The lowest BCUT2D eigenvalue weighted by Crippen LogP contribution is -2.44. The highest BCUT2D eigenvalue weighted by molar-refractivity contribution is 7.89. The summed E-state index contributed by atoms with van der Waals surface area (Å²) < 4.78 is 40.4. The van der Waals surface area contributed by atoms with E-state index in [0.29, 0.717) is 30.9 Å². The lowest BCUT2D eigenvalue weighted by atomic mass is 9.86. The summed E-state index contributed by atoms with van der Waals surface area (Å²) in [6, 6.07) is 14.8. The summed E-state index contributed by atoms with van der Waals surface area (Å²) >= 11 is 1.49. The van der Waals surface area contributed by atoms with E-state index in [4.69, 9.17) is 14.5 Å². The number of rotatable bonds is 10. The molecule has 1 saturated carbocycles. The minimum Gasteiger partial charge on any atom is -0.441 e. The summed E-state index contributed by atoms with van der Waals surface area (Å²) in [4.78, 5) is 30.4. The number of sulfonamides is 1. The van der Waals surface area contributed by atoms with Gasteiger partial charge >= 0.3 is 6.09 Å². The molecule has 2 aromatic carbocycles. The molecule has 2 heterocycles. The Kier molecular flexibility index (Phi) is 10.0. The molecule has 44 heavy (non-hydrogen) atoms. The summed E-state index contributed by atoms with van der Waals surface area (Å²) in [6.45, 7) is 6.69. The van der Waals surface area contributed by atoms with Crippen LogP contribution in [0.3, 0.4) is 0 Å². The van der Waals surface area contributed by atoms with E-state index in [1.165, 1.54) is 11.3 Å². The number of aromatic nitrogens is 1. The highest BCUT2D eigenvalue weighted by atomic mass is 32.2. The lowest BCUT2D eigenvalue weighted by Gasteiger charge is -2.30. The first kappa shape index (κ1) is 32.1. The third kappa shape index (κ3) is 8.65. The third-order valence-corrected chi connectivity index (χ3v) is 10.5. The summed E-state index contributed by atoms with van der Waals surface area (Å²) in [6.07, 6.45) is 4.58. The van der Waals surface area contributed by atoms with Crippen LogP contribution in [0.1, 0.15) is 68.5 Å². The number of carbonyl (C=O) groups excluding carboxylic acids is 2. The average molecular weight is 641 g/mol. The van der Waals surface area contributed by atoms with Crippen LogP contribution in [0, 0.1) is 0 Å². The monoisotopic (exact) mass is 640 g/mol. The fourth-order valence-corrected chi connectivity index (χ4v) is 8.21. The van der Waals surface area contributed by atoms with Gasteiger partial charge in [-0.1, -0.05) is 42.5 Å². The van der Waals surface area contributed by atoms with Crippen molar-refractivity contribution in [3.05, 3.63) is 70.9 Å². The smallest absolute Gasteiger partial charge is 0.407 e. The number of amides is 2. The first-order valence-corrected chi connectivity index (χ1v) is 17.2. The maximum atomic E-state index is 13.6. The fraction of sp³-hybridized carbons (Fsp3) is 0.469. The number of nitrogens with one attached hydrogen (secondary N) is 3. The van der Waals surface area contributed by atoms with Crippen LogP contribution in [0.15, 0.2) is 59.6 Å². The van der Waals surface area contributed by atoms with Gasteiger partial charge in [-0.25, -0.2) is 22.9 Å². The van der Waals surface area contributed by atoms with Gasteiger partial charge in [0.1, 0.15) is 0 Å². The molecule has 10 nitrogen and oxygen atoms in total. The molecule has 1 aliphatic heterocycles. The van der Waals surface area contributed by atoms with Gasteiger partial charge in [-0.15, -0.1) is 11.3 Å². The molecule has 12 heteroatoms. The van der Waals surface area contributed by atoms with Gasteiger partial charge < -0.3 is 20.1 Å². The Morgan fingerprint density at radius 1 is 1.02 bits per heavy atom. The van der Waals surface area contributed by atoms with E-state index in [1.807, 2.05) is 30.3 Å². The molecule has 0 spiro atoms. The number of carbonyl (C=O) groups is 2. The van der Waals surface area contributed by atoms with Crippen molar-refractivity contribution in [2.45, 2.75) is 87.9 Å². The van der Waals surface area contributed by atoms with E-state index in [1.54, 1.807) is 45.2 Å². The van der Waals surface area contributed by atoms with Gasteiger partial charge in [0.05, 0.1) is 34.4 Å². The molecule has 2 amide bonds. The standard InChI is InChI=1S/C32H40N4O6S2/c1-32(2,3)36-44(39,40)28-15-22(16-29(37)33-17-21-7-5-4-6-8-21)9-14-26(28)27-18-34-30(43-27)23-10-12-24(13-11-23)35-31(38)42-25-19-41-20-25/h4-9,14-15,18,23-25,36H,10-13,16-17,19-20H2,1-3H3,(H,33,37)(H,35,38). The van der Waals surface area contributed by atoms with Crippen molar-refractivity contribution >= 4 is 33.4 Å². The lowest BCUT2D eigenvalue weighted by molar-refractivity contribution is -0.120. The van der Waals surface area contributed by atoms with Crippen LogP contribution < -0.4 is 15.4 Å². The van der Waals surface area contributed by atoms with Gasteiger partial charge in [-0.05, 0) is 63.6 Å². The van der Waals surface area contributed by atoms with Crippen molar-refractivity contribution in [3.63, 3.8) is 0 Å². The zero-order valence-electron chi connectivity index (χ0n) is 25.3. The van der Waals surface area contributed by atoms with Crippen molar-refractivity contribution in [1.82, 2.24) is 20.3 Å². The number of alkyl carbamates (subject to hydrolysis) is 1. The van der Waals surface area contributed by atoms with E-state index < -0.39 is 21.7 Å². The molecule has 2 aliphatic rings. The van der Waals surface area contributed by atoms with Gasteiger partial charge in [-0.2, -0.15) is 0 Å². The van der Waals surface area contributed by atoms with Crippen LogP contribution in [-0.4, -0.2) is 56.3 Å². The second-order valence-corrected chi connectivity index (χ2v) is 15.2. The van der Waals surface area contributed by atoms with Gasteiger partial charge in [0.25, 0.3) is 0 Å². The van der Waals surface area contributed by atoms with Crippen molar-refractivity contribution in [3.8, 4) is 10.4 Å². The van der Waals surface area contributed by atoms with E-state index >= 15 is 0 Å². The number of ether oxygens (including phenoxy) is 2. The average Bonchev–Trinajstić information content (AvgIpc) is 3.44. The molecule has 1 saturated heterocycles. The Morgan fingerprint density at radius 2 is 1.75 bits per heavy atom. The minimum atomic E-state index is -3.91. The zero-order valence-corrected chi connectivity index (χ0v) is 26.9. The van der Waals surface area contributed by atoms with Crippen molar-refractivity contribution in [2.24, 2.45) is 0 Å². The van der Waals surface area contributed by atoms with E-state index in [0.717, 1.165) is 41.1 Å². The Balaban J connectivity index is 1.28. The van der Waals surface area contributed by atoms with E-state index in [9.17, 15) is 18.0 Å². The maximum absolute atomic E-state index is 13.6. The Bertz CT molecular complexity index is 1560. The largest absolute Gasteiger partial charge is 0.441 e. The van der Waals surface area contributed by atoms with Crippen LogP contribution in [-0.2, 0) is 37.3 Å². The van der Waals surface area contributed by atoms with Crippen molar-refractivity contribution in [2.75, 3.05) is 13.2 Å². The topological polar surface area (TPSA) is 136 Å². The summed E-state index contributed by atoms with van der Waals surface area (Å²) in [5.74, 6) is 0.0346. The normalized spacial score (nSPS) is 19.2. The molecular weight excluding hydrogens is 601 g/mol. The van der Waals surface area contributed by atoms with Crippen LogP contribution in [0.25, 0.3) is 10.4 Å². The van der Waals surface area contributed by atoms with Gasteiger partial charge in [0.15, 0.2) is 6.10 Å².